The smallest absolute Gasteiger partial charge is 0.164 e. The summed E-state index contributed by atoms with van der Waals surface area (Å²) in [5.74, 6) is 0. The van der Waals surface area contributed by atoms with Crippen LogP contribution in [0.3, 0.4) is 0 Å². The highest BCUT2D eigenvalue weighted by Crippen LogP contribution is 2.31. The lowest BCUT2D eigenvalue weighted by molar-refractivity contribution is 0.593. The standard InChI is InChI=1S/C18H22OS/c1-11-7-15(5)18(16(6)8-11)20(19)17-10-13(3)12(2)9-14(17)4/h7-10H,1-6H3. The average molecular weight is 286 g/mol. The van der Waals surface area contributed by atoms with Crippen molar-refractivity contribution in [3.05, 3.63) is 57.6 Å². The van der Waals surface area contributed by atoms with Crippen LogP contribution in [0.5, 0.6) is 0 Å². The van der Waals surface area contributed by atoms with Crippen LogP contribution in [0.15, 0.2) is 34.1 Å². The van der Waals surface area contributed by atoms with Gasteiger partial charge in [-0.05, 0) is 58.7 Å². The van der Waals surface area contributed by atoms with Crippen LogP contribution in [-0.2, 0) is 11.2 Å². The summed E-state index contributed by atoms with van der Waals surface area (Å²) in [5.41, 5.74) is 6.99. The molecule has 1 nitrogen and oxygen atoms in total. The van der Waals surface area contributed by atoms with E-state index in [0.29, 0.717) is 0 Å². The maximum absolute atomic E-state index is 13.0. The van der Waals surface area contributed by atoms with Gasteiger partial charge in [0.1, 0.15) is 0 Å². The van der Waals surface area contributed by atoms with Crippen molar-refractivity contribution in [2.45, 2.75) is 51.3 Å². The molecule has 2 rings (SSSR count). The number of benzene rings is 2. The van der Waals surface area contributed by atoms with Crippen LogP contribution in [0, 0.1) is 41.5 Å². The molecule has 106 valence electrons. The van der Waals surface area contributed by atoms with Gasteiger partial charge < -0.3 is 4.55 Å². The molecule has 0 radical (unpaired) electrons. The van der Waals surface area contributed by atoms with E-state index in [9.17, 15) is 4.55 Å². The fourth-order valence-corrected chi connectivity index (χ4v) is 4.26. The number of aryl methyl sites for hydroxylation is 6. The first-order valence-corrected chi connectivity index (χ1v) is 8.03. The first-order chi connectivity index (χ1) is 9.31. The summed E-state index contributed by atoms with van der Waals surface area (Å²) < 4.78 is 13.0. The van der Waals surface area contributed by atoms with Gasteiger partial charge in [-0.15, -0.1) is 0 Å². The van der Waals surface area contributed by atoms with Crippen molar-refractivity contribution in [1.82, 2.24) is 0 Å². The Morgan fingerprint density at radius 3 is 1.70 bits per heavy atom. The molecule has 0 N–H and O–H groups in total. The zero-order valence-electron chi connectivity index (χ0n) is 13.1. The Labute approximate surface area is 125 Å². The Hall–Kier alpha value is -1.25. The number of hydrogen-bond acceptors (Lipinski definition) is 1. The van der Waals surface area contributed by atoms with Gasteiger partial charge in [0.25, 0.3) is 0 Å². The van der Waals surface area contributed by atoms with Crippen LogP contribution < -0.4 is 0 Å². The lowest BCUT2D eigenvalue weighted by Crippen LogP contribution is -2.09. The van der Waals surface area contributed by atoms with Crippen LogP contribution in [0.2, 0.25) is 0 Å². The quantitative estimate of drug-likeness (QED) is 0.734. The first-order valence-electron chi connectivity index (χ1n) is 6.88. The summed E-state index contributed by atoms with van der Waals surface area (Å²) in [6.45, 7) is 12.4. The van der Waals surface area contributed by atoms with Crippen molar-refractivity contribution in [2.24, 2.45) is 0 Å². The van der Waals surface area contributed by atoms with Crippen LogP contribution >= 0.6 is 0 Å². The molecule has 0 aromatic heterocycles. The Balaban J connectivity index is 2.57. The molecule has 0 aliphatic rings. The number of rotatable bonds is 2. The van der Waals surface area contributed by atoms with Gasteiger partial charge in [-0.3, -0.25) is 0 Å². The fourth-order valence-electron chi connectivity index (χ4n) is 2.70. The highest BCUT2D eigenvalue weighted by Gasteiger charge is 2.23. The van der Waals surface area contributed by atoms with Gasteiger partial charge >= 0.3 is 0 Å². The Morgan fingerprint density at radius 2 is 1.15 bits per heavy atom. The van der Waals surface area contributed by atoms with Gasteiger partial charge in [0, 0.05) is 27.9 Å². The van der Waals surface area contributed by atoms with Crippen molar-refractivity contribution >= 4 is 11.2 Å². The minimum absolute atomic E-state index is 0.933. The minimum Gasteiger partial charge on any atom is -0.606 e. The van der Waals surface area contributed by atoms with Gasteiger partial charge in [0.15, 0.2) is 9.79 Å². The predicted molar refractivity (Wildman–Crippen MR) is 86.0 cm³/mol. The summed E-state index contributed by atoms with van der Waals surface area (Å²) in [7, 11) is 0. The average Bonchev–Trinajstić information content (AvgIpc) is 2.32. The normalized spacial score (nSPS) is 12.6. The molecule has 1 unspecified atom stereocenters. The molecule has 0 heterocycles. The maximum atomic E-state index is 13.0. The van der Waals surface area contributed by atoms with E-state index in [1.165, 1.54) is 16.7 Å². The molecule has 0 amide bonds. The Kier molecular flexibility index (Phi) is 4.26. The zero-order chi connectivity index (χ0) is 15.0. The SMILES string of the molecule is Cc1cc(C)c([S+]([O-])c2cc(C)c(C)cc2C)c(C)c1. The summed E-state index contributed by atoms with van der Waals surface area (Å²) in [6.07, 6.45) is 0. The monoisotopic (exact) mass is 286 g/mol. The van der Waals surface area contributed by atoms with Crippen LogP contribution in [0.1, 0.15) is 33.4 Å². The van der Waals surface area contributed by atoms with E-state index in [1.807, 2.05) is 20.8 Å². The zero-order valence-corrected chi connectivity index (χ0v) is 13.9. The van der Waals surface area contributed by atoms with E-state index in [1.54, 1.807) is 0 Å². The summed E-state index contributed by atoms with van der Waals surface area (Å²) in [4.78, 5) is 1.89. The molecule has 2 aromatic rings. The first kappa shape index (κ1) is 15.1. The van der Waals surface area contributed by atoms with Crippen LogP contribution in [0.4, 0.5) is 0 Å². The predicted octanol–water partition coefficient (Wildman–Crippen LogP) is 4.70. The molecule has 2 heteroatoms. The molecule has 0 aliphatic carbocycles. The molecule has 0 saturated heterocycles. The fraction of sp³-hybridized carbons (Fsp3) is 0.333. The van der Waals surface area contributed by atoms with E-state index in [-0.39, 0.29) is 0 Å². The minimum atomic E-state index is -1.11. The molecule has 1 atom stereocenters. The van der Waals surface area contributed by atoms with Crippen molar-refractivity contribution < 1.29 is 4.55 Å². The van der Waals surface area contributed by atoms with Crippen molar-refractivity contribution in [3.8, 4) is 0 Å². The second-order valence-electron chi connectivity index (χ2n) is 5.70. The highest BCUT2D eigenvalue weighted by atomic mass is 32.2. The maximum Gasteiger partial charge on any atom is 0.164 e. The van der Waals surface area contributed by atoms with Crippen molar-refractivity contribution in [3.63, 3.8) is 0 Å². The van der Waals surface area contributed by atoms with Gasteiger partial charge in [0.2, 0.25) is 0 Å². The third-order valence-electron chi connectivity index (χ3n) is 3.78. The van der Waals surface area contributed by atoms with Crippen molar-refractivity contribution in [2.75, 3.05) is 0 Å². The van der Waals surface area contributed by atoms with Crippen LogP contribution in [0.25, 0.3) is 0 Å². The molecule has 0 fully saturated rings. The molecule has 0 bridgehead atoms. The van der Waals surface area contributed by atoms with Gasteiger partial charge in [-0.25, -0.2) is 0 Å². The van der Waals surface area contributed by atoms with Gasteiger partial charge in [-0.2, -0.15) is 0 Å². The second-order valence-corrected chi connectivity index (χ2v) is 7.08. The molecule has 0 spiro atoms. The Morgan fingerprint density at radius 1 is 0.650 bits per heavy atom. The second kappa shape index (κ2) is 5.63. The van der Waals surface area contributed by atoms with Crippen LogP contribution in [-0.4, -0.2) is 4.55 Å². The molecular weight excluding hydrogens is 264 g/mol. The van der Waals surface area contributed by atoms with E-state index >= 15 is 0 Å². The molecule has 0 aliphatic heterocycles. The van der Waals surface area contributed by atoms with E-state index < -0.39 is 11.2 Å². The van der Waals surface area contributed by atoms with Crippen molar-refractivity contribution in [1.29, 1.82) is 0 Å². The molecule has 20 heavy (non-hydrogen) atoms. The highest BCUT2D eigenvalue weighted by molar-refractivity contribution is 7.91. The number of hydrogen-bond donors (Lipinski definition) is 0. The van der Waals surface area contributed by atoms with E-state index in [4.69, 9.17) is 0 Å². The summed E-state index contributed by atoms with van der Waals surface area (Å²) in [6, 6.07) is 8.41. The third kappa shape index (κ3) is 2.77. The lowest BCUT2D eigenvalue weighted by atomic mass is 10.1. The molecule has 0 saturated carbocycles. The summed E-state index contributed by atoms with van der Waals surface area (Å²) in [5, 5.41) is 0. The largest absolute Gasteiger partial charge is 0.606 e. The summed E-state index contributed by atoms with van der Waals surface area (Å²) >= 11 is -1.11. The third-order valence-corrected chi connectivity index (χ3v) is 5.64. The lowest BCUT2D eigenvalue weighted by Gasteiger charge is -2.18. The Bertz CT molecular complexity index is 636. The van der Waals surface area contributed by atoms with Gasteiger partial charge in [0.05, 0.1) is 0 Å². The topological polar surface area (TPSA) is 23.1 Å². The molecular formula is C18H22OS. The van der Waals surface area contributed by atoms with Gasteiger partial charge in [-0.1, -0.05) is 23.8 Å². The van der Waals surface area contributed by atoms with E-state index in [0.717, 1.165) is 26.5 Å². The van der Waals surface area contributed by atoms with E-state index in [2.05, 4.69) is 45.0 Å². The molecule has 2 aromatic carbocycles.